The van der Waals surface area contributed by atoms with Crippen molar-refractivity contribution in [2.24, 2.45) is 5.92 Å². The van der Waals surface area contributed by atoms with Gasteiger partial charge in [-0.2, -0.15) is 4.68 Å². The number of aromatic nitrogens is 4. The average Bonchev–Trinajstić information content (AvgIpc) is 3.73. The standard InChI is InChI=1S/C24H26ClI3N2O4.C20H21ClN6O2S/c1-2-16(24(32)33)11-18-19(26)12-20(27)23(22(18)28)34-14-21(31)30-9-7-29(8-10-30)13-15-3-5-17(25)6-4-15;21-16-3-1-15(2-4-16)13-25-9-11-26(12-10-25)19(28)14-29-18-7-5-17(6-8-18)27-20(30)22-23-24-27/h3-6,12,16H,2,7-11,13-14H2,1H3,(H,32,33);1-8H,9-14H2,(H,22,24,30). The van der Waals surface area contributed by atoms with E-state index in [1.54, 1.807) is 12.1 Å². The normalized spacial score (nSPS) is 15.0. The van der Waals surface area contributed by atoms with E-state index >= 15 is 0 Å². The Bertz CT molecular complexity index is 2350. The summed E-state index contributed by atoms with van der Waals surface area (Å²) in [4.78, 5) is 45.3. The molecule has 1 aromatic heterocycles. The van der Waals surface area contributed by atoms with Crippen LogP contribution in [-0.4, -0.2) is 128 Å². The Hall–Kier alpha value is -3.00. The maximum atomic E-state index is 12.8. The summed E-state index contributed by atoms with van der Waals surface area (Å²) in [6.07, 6.45) is 1.01. The number of ether oxygens (including phenoxy) is 2. The summed E-state index contributed by atoms with van der Waals surface area (Å²) in [5.74, 6) is -0.00626. The van der Waals surface area contributed by atoms with Crippen molar-refractivity contribution in [2.45, 2.75) is 38.0 Å². The number of tetrazole rings is 1. The van der Waals surface area contributed by atoms with Gasteiger partial charge in [-0.15, -0.1) is 17.7 Å². The van der Waals surface area contributed by atoms with Crippen LogP contribution < -0.4 is 9.47 Å². The van der Waals surface area contributed by atoms with Gasteiger partial charge >= 0.3 is 5.97 Å². The Kier molecular flexibility index (Phi) is 19.4. The van der Waals surface area contributed by atoms with Gasteiger partial charge < -0.3 is 24.4 Å². The van der Waals surface area contributed by atoms with E-state index in [-0.39, 0.29) is 25.0 Å². The molecule has 4 aromatic carbocycles. The first-order valence-electron chi connectivity index (χ1n) is 20.5. The lowest BCUT2D eigenvalue weighted by Gasteiger charge is -2.34. The quantitative estimate of drug-likeness (QED) is 0.0781. The number of benzene rings is 4. The molecule has 14 nitrogen and oxygen atoms in total. The first-order chi connectivity index (χ1) is 30.8. The second-order valence-electron chi connectivity index (χ2n) is 15.1. The summed E-state index contributed by atoms with van der Waals surface area (Å²) in [7, 11) is 0. The lowest BCUT2D eigenvalue weighted by molar-refractivity contribution is -0.141. The Morgan fingerprint density at radius 3 is 1.69 bits per heavy atom. The number of carbonyl (C=O) groups excluding carboxylic acids is 2. The molecule has 0 radical (unpaired) electrons. The van der Waals surface area contributed by atoms with E-state index in [1.807, 2.05) is 83.5 Å². The number of rotatable bonds is 15. The summed E-state index contributed by atoms with van der Waals surface area (Å²) in [5, 5.41) is 22.5. The number of carboxylic acids is 1. The molecule has 0 bridgehead atoms. The molecule has 2 fully saturated rings. The third-order valence-electron chi connectivity index (χ3n) is 10.8. The number of hydrogen-bond acceptors (Lipinski definition) is 11. The molecule has 2 amide bonds. The van der Waals surface area contributed by atoms with Crippen LogP contribution in [0.5, 0.6) is 11.5 Å². The average molecular weight is 1270 g/mol. The van der Waals surface area contributed by atoms with Gasteiger partial charge in [0, 0.05) is 79.1 Å². The number of carbonyl (C=O) groups is 3. The van der Waals surface area contributed by atoms with Crippen LogP contribution in [0.1, 0.15) is 30.0 Å². The second kappa shape index (κ2) is 24.7. The molecule has 0 saturated carbocycles. The van der Waals surface area contributed by atoms with Crippen molar-refractivity contribution >= 4 is 121 Å². The monoisotopic (exact) mass is 1270 g/mol. The molecule has 0 aliphatic carbocycles. The van der Waals surface area contributed by atoms with Gasteiger partial charge in [0.15, 0.2) is 13.2 Å². The molecule has 3 heterocycles. The van der Waals surface area contributed by atoms with Crippen LogP contribution in [0.15, 0.2) is 84.0 Å². The smallest absolute Gasteiger partial charge is 0.306 e. The van der Waals surface area contributed by atoms with Gasteiger partial charge in [0.1, 0.15) is 11.5 Å². The summed E-state index contributed by atoms with van der Waals surface area (Å²) < 4.78 is 16.0. The lowest BCUT2D eigenvalue weighted by Crippen LogP contribution is -2.49. The van der Waals surface area contributed by atoms with Crippen LogP contribution in [-0.2, 0) is 33.9 Å². The van der Waals surface area contributed by atoms with E-state index in [2.05, 4.69) is 106 Å². The number of piperazine rings is 2. The van der Waals surface area contributed by atoms with Crippen LogP contribution in [0.3, 0.4) is 0 Å². The summed E-state index contributed by atoms with van der Waals surface area (Å²) in [5.41, 5.74) is 4.16. The molecule has 20 heteroatoms. The molecule has 1 N–H and O–H groups in total. The minimum absolute atomic E-state index is 0.0108. The minimum atomic E-state index is -0.791. The highest BCUT2D eigenvalue weighted by Gasteiger charge is 2.26. The number of amides is 2. The van der Waals surface area contributed by atoms with Gasteiger partial charge in [-0.05, 0) is 162 Å². The van der Waals surface area contributed by atoms with Crippen molar-refractivity contribution in [2.75, 3.05) is 65.6 Å². The van der Waals surface area contributed by atoms with Crippen molar-refractivity contribution in [3.05, 3.63) is 116 Å². The number of aliphatic carboxylic acids is 1. The Morgan fingerprint density at radius 1 is 0.734 bits per heavy atom. The predicted octanol–water partition coefficient (Wildman–Crippen LogP) is 7.86. The lowest BCUT2D eigenvalue weighted by atomic mass is 9.97. The van der Waals surface area contributed by atoms with Crippen LogP contribution >= 0.6 is 104 Å². The largest absolute Gasteiger partial charge is 0.484 e. The van der Waals surface area contributed by atoms with Crippen LogP contribution in [0.4, 0.5) is 0 Å². The highest BCUT2D eigenvalue weighted by molar-refractivity contribution is 14.1. The van der Waals surface area contributed by atoms with Gasteiger partial charge in [-0.3, -0.25) is 24.2 Å². The fourth-order valence-corrected chi connectivity index (χ4v) is 11.7. The first-order valence-corrected chi connectivity index (χ1v) is 24.9. The Balaban J connectivity index is 0.000000214. The van der Waals surface area contributed by atoms with Crippen LogP contribution in [0.25, 0.3) is 5.69 Å². The molecule has 1 atom stereocenters. The zero-order chi connectivity index (χ0) is 45.8. The number of hydrogen-bond donors (Lipinski definition) is 2. The molecule has 2 aliphatic rings. The fourth-order valence-electron chi connectivity index (χ4n) is 7.08. The zero-order valence-electron chi connectivity index (χ0n) is 34.9. The topological polar surface area (TPSA) is 146 Å². The molecular weight excluding hydrogens is 1220 g/mol. The second-order valence-corrected chi connectivity index (χ2v) is 19.8. The van der Waals surface area contributed by atoms with Gasteiger partial charge in [-0.1, -0.05) is 54.4 Å². The van der Waals surface area contributed by atoms with Gasteiger partial charge in [-0.25, -0.2) is 0 Å². The summed E-state index contributed by atoms with van der Waals surface area (Å²) in [6.45, 7) is 9.57. The third-order valence-corrected chi connectivity index (χ3v) is 14.5. The zero-order valence-corrected chi connectivity index (χ0v) is 43.8. The molecule has 7 rings (SSSR count). The fraction of sp³-hybridized carbons (Fsp3) is 0.364. The van der Waals surface area contributed by atoms with Crippen molar-refractivity contribution < 1.29 is 29.0 Å². The van der Waals surface area contributed by atoms with E-state index in [0.717, 1.165) is 71.3 Å². The summed E-state index contributed by atoms with van der Waals surface area (Å²) >= 11 is 22.8. The van der Waals surface area contributed by atoms with E-state index in [0.29, 0.717) is 55.7 Å². The highest BCUT2D eigenvalue weighted by atomic mass is 127. The molecule has 0 spiro atoms. The molecule has 1 unspecified atom stereocenters. The van der Waals surface area contributed by atoms with E-state index < -0.39 is 11.9 Å². The molecule has 340 valence electrons. The Labute approximate surface area is 429 Å². The molecule has 5 aromatic rings. The van der Waals surface area contributed by atoms with Crippen LogP contribution in [0.2, 0.25) is 10.0 Å². The predicted molar refractivity (Wildman–Crippen MR) is 274 cm³/mol. The van der Waals surface area contributed by atoms with Crippen LogP contribution in [0, 0.1) is 16.6 Å². The number of carboxylic acid groups (broad SMARTS) is 1. The van der Waals surface area contributed by atoms with E-state index in [1.165, 1.54) is 15.8 Å². The first kappa shape index (κ1) is 50.4. The summed E-state index contributed by atoms with van der Waals surface area (Å²) in [6, 6.07) is 24.9. The highest BCUT2D eigenvalue weighted by Crippen LogP contribution is 2.35. The van der Waals surface area contributed by atoms with Crippen molar-refractivity contribution in [3.63, 3.8) is 0 Å². The third kappa shape index (κ3) is 14.5. The van der Waals surface area contributed by atoms with E-state index in [4.69, 9.17) is 32.7 Å². The van der Waals surface area contributed by atoms with Gasteiger partial charge in [0.05, 0.1) is 18.7 Å². The SMILES string of the molecule is CCC(Cc1c(I)cc(I)c(OCC(=O)N2CCN(Cc3ccc(Cl)cc3)CC2)c1I)C(=O)O.O=C(COc1ccc(-n2nnnc2S)cc1)N1CCN(Cc2ccc(Cl)cc2)CC1. The van der Waals surface area contributed by atoms with E-state index in [9.17, 15) is 19.5 Å². The molecule has 64 heavy (non-hydrogen) atoms. The molecule has 2 aliphatic heterocycles. The number of thiol groups is 1. The van der Waals surface area contributed by atoms with Gasteiger partial charge in [0.25, 0.3) is 11.8 Å². The number of nitrogens with zero attached hydrogens (tertiary/aromatic N) is 8. The van der Waals surface area contributed by atoms with Gasteiger partial charge in [0.2, 0.25) is 5.16 Å². The maximum absolute atomic E-state index is 12.8. The van der Waals surface area contributed by atoms with Crippen molar-refractivity contribution in [1.29, 1.82) is 0 Å². The number of halogens is 5. The Morgan fingerprint density at radius 2 is 1.23 bits per heavy atom. The molecular formula is C44H47Cl2I3N8O6S. The van der Waals surface area contributed by atoms with Crippen molar-refractivity contribution in [1.82, 2.24) is 39.8 Å². The minimum Gasteiger partial charge on any atom is -0.484 e. The maximum Gasteiger partial charge on any atom is 0.306 e. The van der Waals surface area contributed by atoms with Crippen molar-refractivity contribution in [3.8, 4) is 17.2 Å². The molecule has 2 saturated heterocycles.